The van der Waals surface area contributed by atoms with Crippen molar-refractivity contribution in [1.82, 2.24) is 0 Å². The van der Waals surface area contributed by atoms with E-state index in [1.807, 2.05) is 6.07 Å². The number of hydrogen-bond acceptors (Lipinski definition) is 2. The Bertz CT molecular complexity index is 527. The minimum Gasteiger partial charge on any atom is -0.326 e. The van der Waals surface area contributed by atoms with Gasteiger partial charge in [0.2, 0.25) is 5.91 Å². The van der Waals surface area contributed by atoms with Crippen molar-refractivity contribution >= 4 is 17.9 Å². The maximum absolute atomic E-state index is 11.9. The predicted octanol–water partition coefficient (Wildman–Crippen LogP) is 7.70. The van der Waals surface area contributed by atoms with Crippen molar-refractivity contribution in [3.63, 3.8) is 0 Å². The summed E-state index contributed by atoms with van der Waals surface area (Å²) in [5.74, 6) is 0.0396. The molecular weight excluding hydrogens is 346 g/mol. The molecule has 3 heteroatoms. The Hall–Kier alpha value is -1.64. The zero-order valence-corrected chi connectivity index (χ0v) is 18.0. The molecule has 0 saturated heterocycles. The van der Waals surface area contributed by atoms with E-state index in [1.54, 1.807) is 18.2 Å². The van der Waals surface area contributed by atoms with Crippen LogP contribution in [-0.2, 0) is 4.79 Å². The molecule has 0 aromatic heterocycles. The highest BCUT2D eigenvalue weighted by Crippen LogP contribution is 2.14. The van der Waals surface area contributed by atoms with Gasteiger partial charge in [-0.1, -0.05) is 109 Å². The summed E-state index contributed by atoms with van der Waals surface area (Å²) in [5, 5.41) is 2.87. The van der Waals surface area contributed by atoms with E-state index < -0.39 is 0 Å². The lowest BCUT2D eigenvalue weighted by Gasteiger charge is -2.06. The van der Waals surface area contributed by atoms with Gasteiger partial charge in [-0.2, -0.15) is 0 Å². The molecule has 158 valence electrons. The van der Waals surface area contributed by atoms with E-state index in [9.17, 15) is 9.59 Å². The molecule has 1 aromatic rings. The number of aldehydes is 1. The van der Waals surface area contributed by atoms with E-state index >= 15 is 0 Å². The zero-order valence-electron chi connectivity index (χ0n) is 18.0. The lowest BCUT2D eigenvalue weighted by Crippen LogP contribution is -2.11. The van der Waals surface area contributed by atoms with Crippen LogP contribution in [0, 0.1) is 0 Å². The number of hydrogen-bond donors (Lipinski definition) is 1. The highest BCUT2D eigenvalue weighted by molar-refractivity contribution is 5.91. The van der Waals surface area contributed by atoms with E-state index in [0.717, 1.165) is 19.1 Å². The second-order valence-electron chi connectivity index (χ2n) is 7.99. The molecule has 0 unspecified atom stereocenters. The molecule has 3 nitrogen and oxygen atoms in total. The molecule has 0 bridgehead atoms. The van der Waals surface area contributed by atoms with Gasteiger partial charge in [0, 0.05) is 17.7 Å². The largest absolute Gasteiger partial charge is 0.326 e. The number of amides is 1. The van der Waals surface area contributed by atoms with Crippen LogP contribution in [0.25, 0.3) is 0 Å². The lowest BCUT2D eigenvalue weighted by atomic mass is 10.0. The molecule has 0 fully saturated rings. The molecule has 0 atom stereocenters. The summed E-state index contributed by atoms with van der Waals surface area (Å²) < 4.78 is 0. The molecule has 1 N–H and O–H groups in total. The first-order valence-electron chi connectivity index (χ1n) is 11.6. The fourth-order valence-corrected chi connectivity index (χ4v) is 3.57. The Kier molecular flexibility index (Phi) is 15.2. The molecular formula is C25H41NO2. The summed E-state index contributed by atoms with van der Waals surface area (Å²) >= 11 is 0. The average molecular weight is 388 g/mol. The van der Waals surface area contributed by atoms with Gasteiger partial charge >= 0.3 is 0 Å². The standard InChI is InChI=1S/C25H41NO2/c1-2-3-4-5-6-7-8-9-10-11-12-13-14-15-16-20-25(28)26-24-19-17-18-23(21-24)22-27/h17-19,21-22H,2-16,20H2,1H3,(H,26,28). The molecule has 0 aliphatic carbocycles. The Labute approximate surface area is 172 Å². The maximum Gasteiger partial charge on any atom is 0.224 e. The SMILES string of the molecule is CCCCCCCCCCCCCCCCCC(=O)Nc1cccc(C=O)c1. The van der Waals surface area contributed by atoms with Crippen LogP contribution in [0.4, 0.5) is 5.69 Å². The molecule has 28 heavy (non-hydrogen) atoms. The second-order valence-corrected chi connectivity index (χ2v) is 7.99. The fraction of sp³-hybridized carbons (Fsp3) is 0.680. The van der Waals surface area contributed by atoms with Gasteiger partial charge in [-0.3, -0.25) is 9.59 Å². The highest BCUT2D eigenvalue weighted by atomic mass is 16.1. The number of nitrogens with one attached hydrogen (secondary N) is 1. The second kappa shape index (κ2) is 17.5. The van der Waals surface area contributed by atoms with Crippen LogP contribution in [0.3, 0.4) is 0 Å². The van der Waals surface area contributed by atoms with E-state index in [4.69, 9.17) is 0 Å². The Morgan fingerprint density at radius 2 is 1.29 bits per heavy atom. The van der Waals surface area contributed by atoms with Crippen molar-refractivity contribution in [2.75, 3.05) is 5.32 Å². The summed E-state index contributed by atoms with van der Waals surface area (Å²) in [4.78, 5) is 22.7. The molecule has 0 saturated carbocycles. The minimum atomic E-state index is 0.0396. The van der Waals surface area contributed by atoms with Crippen LogP contribution < -0.4 is 5.32 Å². The van der Waals surface area contributed by atoms with E-state index in [0.29, 0.717) is 17.7 Å². The monoisotopic (exact) mass is 387 g/mol. The number of anilines is 1. The van der Waals surface area contributed by atoms with Crippen molar-refractivity contribution in [2.24, 2.45) is 0 Å². The van der Waals surface area contributed by atoms with Crippen LogP contribution in [0.15, 0.2) is 24.3 Å². The van der Waals surface area contributed by atoms with E-state index in [1.165, 1.54) is 83.5 Å². The van der Waals surface area contributed by atoms with Crippen molar-refractivity contribution < 1.29 is 9.59 Å². The Morgan fingerprint density at radius 1 is 0.786 bits per heavy atom. The summed E-state index contributed by atoms with van der Waals surface area (Å²) in [6.07, 6.45) is 21.3. The predicted molar refractivity (Wildman–Crippen MR) is 120 cm³/mol. The third-order valence-electron chi connectivity index (χ3n) is 5.31. The van der Waals surface area contributed by atoms with Gasteiger partial charge in [-0.25, -0.2) is 0 Å². The van der Waals surface area contributed by atoms with Crippen LogP contribution in [-0.4, -0.2) is 12.2 Å². The average Bonchev–Trinajstić information content (AvgIpc) is 2.71. The summed E-state index contributed by atoms with van der Waals surface area (Å²) in [5.41, 5.74) is 1.29. The fourth-order valence-electron chi connectivity index (χ4n) is 3.57. The summed E-state index contributed by atoms with van der Waals surface area (Å²) in [6, 6.07) is 7.04. The Morgan fingerprint density at radius 3 is 1.79 bits per heavy atom. The lowest BCUT2D eigenvalue weighted by molar-refractivity contribution is -0.116. The molecule has 1 amide bonds. The first-order valence-corrected chi connectivity index (χ1v) is 11.6. The van der Waals surface area contributed by atoms with Crippen LogP contribution in [0.5, 0.6) is 0 Å². The van der Waals surface area contributed by atoms with Gasteiger partial charge < -0.3 is 5.32 Å². The van der Waals surface area contributed by atoms with Gasteiger partial charge in [0.1, 0.15) is 6.29 Å². The molecule has 0 spiro atoms. The van der Waals surface area contributed by atoms with Gasteiger partial charge in [-0.15, -0.1) is 0 Å². The van der Waals surface area contributed by atoms with Gasteiger partial charge in [0.15, 0.2) is 0 Å². The zero-order chi connectivity index (χ0) is 20.3. The first kappa shape index (κ1) is 24.4. The van der Waals surface area contributed by atoms with E-state index in [-0.39, 0.29) is 5.91 Å². The number of rotatable bonds is 18. The highest BCUT2D eigenvalue weighted by Gasteiger charge is 2.03. The van der Waals surface area contributed by atoms with Crippen molar-refractivity contribution in [3.8, 4) is 0 Å². The van der Waals surface area contributed by atoms with Crippen LogP contribution >= 0.6 is 0 Å². The molecule has 0 heterocycles. The summed E-state index contributed by atoms with van der Waals surface area (Å²) in [7, 11) is 0. The van der Waals surface area contributed by atoms with Gasteiger partial charge in [-0.05, 0) is 18.6 Å². The Balaban J connectivity index is 1.86. The normalized spacial score (nSPS) is 10.8. The van der Waals surface area contributed by atoms with Gasteiger partial charge in [0.25, 0.3) is 0 Å². The molecule has 1 aromatic carbocycles. The van der Waals surface area contributed by atoms with Gasteiger partial charge in [0.05, 0.1) is 0 Å². The smallest absolute Gasteiger partial charge is 0.224 e. The minimum absolute atomic E-state index is 0.0396. The molecule has 0 aliphatic rings. The van der Waals surface area contributed by atoms with Crippen molar-refractivity contribution in [3.05, 3.63) is 29.8 Å². The number of benzene rings is 1. The maximum atomic E-state index is 11.9. The van der Waals surface area contributed by atoms with Crippen LogP contribution in [0.2, 0.25) is 0 Å². The summed E-state index contributed by atoms with van der Waals surface area (Å²) in [6.45, 7) is 2.27. The van der Waals surface area contributed by atoms with Crippen molar-refractivity contribution in [1.29, 1.82) is 0 Å². The van der Waals surface area contributed by atoms with Crippen LogP contribution in [0.1, 0.15) is 120 Å². The van der Waals surface area contributed by atoms with E-state index in [2.05, 4.69) is 12.2 Å². The molecule has 1 rings (SSSR count). The van der Waals surface area contributed by atoms with Crippen molar-refractivity contribution in [2.45, 2.75) is 110 Å². The molecule has 0 radical (unpaired) electrons. The quantitative estimate of drug-likeness (QED) is 0.207. The number of carbonyl (C=O) groups is 2. The third kappa shape index (κ3) is 13.5. The first-order chi connectivity index (χ1) is 13.8. The number of unbranched alkanes of at least 4 members (excludes halogenated alkanes) is 14. The third-order valence-corrected chi connectivity index (χ3v) is 5.31. The molecule has 0 aliphatic heterocycles. The topological polar surface area (TPSA) is 46.2 Å². The number of carbonyl (C=O) groups excluding carboxylic acids is 2.